The van der Waals surface area contributed by atoms with E-state index in [4.69, 9.17) is 10.2 Å². The number of hydrogen-bond acceptors (Lipinski definition) is 5. The van der Waals surface area contributed by atoms with E-state index in [2.05, 4.69) is 32.4 Å². The van der Waals surface area contributed by atoms with Crippen molar-refractivity contribution in [2.24, 2.45) is 5.73 Å². The molecule has 0 saturated carbocycles. The van der Waals surface area contributed by atoms with Crippen LogP contribution in [0, 0.1) is 0 Å². The Morgan fingerprint density at radius 1 is 1.42 bits per heavy atom. The molecule has 2 N–H and O–H groups in total. The zero-order chi connectivity index (χ0) is 13.2. The number of thioether (sulfide) groups is 1. The van der Waals surface area contributed by atoms with Crippen molar-refractivity contribution in [3.05, 3.63) is 45.1 Å². The number of aromatic nitrogens is 1. The summed E-state index contributed by atoms with van der Waals surface area (Å²) in [6.07, 6.45) is 0. The maximum atomic E-state index is 5.86. The SMILES string of the molecule is NCC(Sc1nc2ccccc2o1)c1cc(Br)cs1. The van der Waals surface area contributed by atoms with Gasteiger partial charge in [-0.1, -0.05) is 23.9 Å². The van der Waals surface area contributed by atoms with Crippen LogP contribution in [0.3, 0.4) is 0 Å². The minimum absolute atomic E-state index is 0.171. The first-order chi connectivity index (χ1) is 9.26. The van der Waals surface area contributed by atoms with Gasteiger partial charge in [-0.25, -0.2) is 4.98 Å². The molecule has 3 aromatic rings. The Labute approximate surface area is 127 Å². The van der Waals surface area contributed by atoms with E-state index in [-0.39, 0.29) is 5.25 Å². The highest BCUT2D eigenvalue weighted by atomic mass is 79.9. The molecule has 0 aliphatic carbocycles. The Bertz CT molecular complexity index is 662. The van der Waals surface area contributed by atoms with Gasteiger partial charge in [0, 0.05) is 21.3 Å². The molecule has 3 nitrogen and oxygen atoms in total. The van der Waals surface area contributed by atoms with Crippen LogP contribution >= 0.6 is 39.0 Å². The molecule has 1 atom stereocenters. The maximum Gasteiger partial charge on any atom is 0.257 e. The molecule has 0 saturated heterocycles. The standard InChI is InChI=1S/C13H11BrN2OS2/c14-8-5-11(18-7-8)12(6-15)19-13-16-9-3-1-2-4-10(9)17-13/h1-5,7,12H,6,15H2. The minimum Gasteiger partial charge on any atom is -0.431 e. The molecule has 6 heteroatoms. The minimum atomic E-state index is 0.171. The van der Waals surface area contributed by atoms with Gasteiger partial charge in [0.2, 0.25) is 0 Å². The second-order valence-corrected chi connectivity index (χ2v) is 6.97. The van der Waals surface area contributed by atoms with E-state index in [1.165, 1.54) is 4.88 Å². The summed E-state index contributed by atoms with van der Waals surface area (Å²) in [5, 5.41) is 2.90. The summed E-state index contributed by atoms with van der Waals surface area (Å²) in [6, 6.07) is 9.86. The van der Waals surface area contributed by atoms with E-state index in [1.807, 2.05) is 24.3 Å². The van der Waals surface area contributed by atoms with Crippen molar-refractivity contribution in [3.63, 3.8) is 0 Å². The molecule has 1 aromatic carbocycles. The lowest BCUT2D eigenvalue weighted by atomic mass is 10.3. The third-order valence-corrected chi connectivity index (χ3v) is 5.70. The predicted molar refractivity (Wildman–Crippen MR) is 83.7 cm³/mol. The van der Waals surface area contributed by atoms with Crippen molar-refractivity contribution in [2.45, 2.75) is 10.5 Å². The molecule has 0 spiro atoms. The Morgan fingerprint density at radius 2 is 2.26 bits per heavy atom. The van der Waals surface area contributed by atoms with Crippen LogP contribution in [-0.4, -0.2) is 11.5 Å². The molecule has 1 unspecified atom stereocenters. The Balaban J connectivity index is 1.86. The Morgan fingerprint density at radius 3 is 2.95 bits per heavy atom. The van der Waals surface area contributed by atoms with Gasteiger partial charge in [0.1, 0.15) is 5.52 Å². The van der Waals surface area contributed by atoms with Crippen LogP contribution < -0.4 is 5.73 Å². The van der Waals surface area contributed by atoms with Crippen LogP contribution in [-0.2, 0) is 0 Å². The lowest BCUT2D eigenvalue weighted by Gasteiger charge is -2.08. The van der Waals surface area contributed by atoms with Gasteiger partial charge in [0.15, 0.2) is 5.58 Å². The molecule has 2 heterocycles. The van der Waals surface area contributed by atoms with E-state index in [0.29, 0.717) is 11.8 Å². The highest BCUT2D eigenvalue weighted by Crippen LogP contribution is 2.38. The summed E-state index contributed by atoms with van der Waals surface area (Å²) in [4.78, 5) is 5.69. The first-order valence-electron chi connectivity index (χ1n) is 5.72. The number of fused-ring (bicyclic) bond motifs is 1. The van der Waals surface area contributed by atoms with Crippen molar-refractivity contribution in [3.8, 4) is 0 Å². The van der Waals surface area contributed by atoms with Crippen molar-refractivity contribution in [1.29, 1.82) is 0 Å². The molecule has 3 rings (SSSR count). The first kappa shape index (κ1) is 13.2. The van der Waals surface area contributed by atoms with Crippen LogP contribution in [0.25, 0.3) is 11.1 Å². The average Bonchev–Trinajstić information content (AvgIpc) is 3.01. The Hall–Kier alpha value is -0.820. The fourth-order valence-electron chi connectivity index (χ4n) is 1.74. The summed E-state index contributed by atoms with van der Waals surface area (Å²) in [7, 11) is 0. The quantitative estimate of drug-likeness (QED) is 0.703. The van der Waals surface area contributed by atoms with Crippen LogP contribution in [0.4, 0.5) is 0 Å². The first-order valence-corrected chi connectivity index (χ1v) is 8.27. The molecule has 0 aliphatic rings. The van der Waals surface area contributed by atoms with E-state index in [1.54, 1.807) is 23.1 Å². The van der Waals surface area contributed by atoms with Crippen LogP contribution in [0.2, 0.25) is 0 Å². The van der Waals surface area contributed by atoms with Gasteiger partial charge < -0.3 is 10.2 Å². The number of oxazole rings is 1. The molecular weight excluding hydrogens is 344 g/mol. The van der Waals surface area contributed by atoms with Crippen LogP contribution in [0.5, 0.6) is 0 Å². The zero-order valence-corrected chi connectivity index (χ0v) is 13.1. The van der Waals surface area contributed by atoms with E-state index in [0.717, 1.165) is 15.6 Å². The molecule has 0 radical (unpaired) electrons. The molecule has 19 heavy (non-hydrogen) atoms. The molecular formula is C13H11BrN2OS2. The van der Waals surface area contributed by atoms with Crippen LogP contribution in [0.1, 0.15) is 10.1 Å². The summed E-state index contributed by atoms with van der Waals surface area (Å²) < 4.78 is 6.80. The highest BCUT2D eigenvalue weighted by Gasteiger charge is 2.17. The summed E-state index contributed by atoms with van der Waals surface area (Å²) in [6.45, 7) is 0.552. The number of para-hydroxylation sites is 2. The second-order valence-electron chi connectivity index (χ2n) is 3.96. The van der Waals surface area contributed by atoms with Crippen LogP contribution in [0.15, 0.2) is 49.8 Å². The lowest BCUT2D eigenvalue weighted by molar-refractivity contribution is 0.488. The van der Waals surface area contributed by atoms with Crippen molar-refractivity contribution in [1.82, 2.24) is 4.98 Å². The topological polar surface area (TPSA) is 52.0 Å². The van der Waals surface area contributed by atoms with Crippen molar-refractivity contribution >= 4 is 50.1 Å². The number of hydrogen-bond donors (Lipinski definition) is 1. The van der Waals surface area contributed by atoms with Gasteiger partial charge in [0.05, 0.1) is 5.25 Å². The second kappa shape index (κ2) is 5.66. The third-order valence-electron chi connectivity index (χ3n) is 2.64. The van der Waals surface area contributed by atoms with Gasteiger partial charge in [-0.2, -0.15) is 0 Å². The van der Waals surface area contributed by atoms with Gasteiger partial charge in [-0.3, -0.25) is 0 Å². The van der Waals surface area contributed by atoms with Gasteiger partial charge >= 0.3 is 0 Å². The fraction of sp³-hybridized carbons (Fsp3) is 0.154. The van der Waals surface area contributed by atoms with Gasteiger partial charge in [-0.05, 0) is 34.1 Å². The smallest absolute Gasteiger partial charge is 0.257 e. The molecule has 98 valence electrons. The van der Waals surface area contributed by atoms with E-state index in [9.17, 15) is 0 Å². The number of benzene rings is 1. The number of rotatable bonds is 4. The van der Waals surface area contributed by atoms with Crippen molar-refractivity contribution < 1.29 is 4.42 Å². The highest BCUT2D eigenvalue weighted by molar-refractivity contribution is 9.10. The Kier molecular flexibility index (Phi) is 3.93. The summed E-state index contributed by atoms with van der Waals surface area (Å²) >= 11 is 6.72. The number of thiophene rings is 1. The largest absolute Gasteiger partial charge is 0.431 e. The normalized spacial score (nSPS) is 12.9. The lowest BCUT2D eigenvalue weighted by Crippen LogP contribution is -2.07. The monoisotopic (exact) mass is 354 g/mol. The van der Waals surface area contributed by atoms with E-state index < -0.39 is 0 Å². The van der Waals surface area contributed by atoms with Crippen molar-refractivity contribution in [2.75, 3.05) is 6.54 Å². The molecule has 0 aliphatic heterocycles. The number of nitrogens with two attached hydrogens (primary N) is 1. The molecule has 0 fully saturated rings. The number of nitrogens with zero attached hydrogens (tertiary/aromatic N) is 1. The maximum absolute atomic E-state index is 5.86. The third kappa shape index (κ3) is 2.86. The fourth-order valence-corrected chi connectivity index (χ4v) is 4.30. The average molecular weight is 355 g/mol. The predicted octanol–water partition coefficient (Wildman–Crippen LogP) is 4.44. The molecule has 0 bridgehead atoms. The van der Waals surface area contributed by atoms with E-state index >= 15 is 0 Å². The van der Waals surface area contributed by atoms with Gasteiger partial charge in [-0.15, -0.1) is 11.3 Å². The summed E-state index contributed by atoms with van der Waals surface area (Å²) in [5.74, 6) is 0. The summed E-state index contributed by atoms with van der Waals surface area (Å²) in [5.41, 5.74) is 7.55. The molecule has 2 aromatic heterocycles. The number of halogens is 1. The van der Waals surface area contributed by atoms with Gasteiger partial charge in [0.25, 0.3) is 5.22 Å². The zero-order valence-electron chi connectivity index (χ0n) is 9.88. The molecule has 0 amide bonds.